The van der Waals surface area contributed by atoms with Crippen LogP contribution in [0.3, 0.4) is 0 Å². The maximum absolute atomic E-state index is 8.60. The van der Waals surface area contributed by atoms with E-state index in [0.717, 1.165) is 54.8 Å². The lowest BCUT2D eigenvalue weighted by molar-refractivity contribution is 0.673. The first-order valence-corrected chi connectivity index (χ1v) is 16.1. The second kappa shape index (κ2) is 10.2. The van der Waals surface area contributed by atoms with Crippen molar-refractivity contribution in [2.45, 2.75) is 0 Å². The third-order valence-corrected chi connectivity index (χ3v) is 9.76. The summed E-state index contributed by atoms with van der Waals surface area (Å²) < 4.78 is 15.1. The van der Waals surface area contributed by atoms with E-state index in [2.05, 4.69) is 152 Å². The molecule has 0 saturated carbocycles. The molecule has 0 bridgehead atoms. The minimum Gasteiger partial charge on any atom is -0.455 e. The molecule has 0 spiro atoms. The molecule has 0 aliphatic heterocycles. The predicted octanol–water partition coefficient (Wildman–Crippen LogP) is 13.2. The molecule has 1 heteroatoms. The monoisotopic (exact) mass is 597 g/mol. The lowest BCUT2D eigenvalue weighted by Gasteiger charge is -2.19. The molecular weight excluding hydrogens is 569 g/mol. The number of hydrogen-bond donors (Lipinski definition) is 0. The van der Waals surface area contributed by atoms with Crippen LogP contribution in [0.5, 0.6) is 0 Å². The highest BCUT2D eigenvalue weighted by Crippen LogP contribution is 2.46. The highest BCUT2D eigenvalue weighted by atomic mass is 16.3. The van der Waals surface area contributed by atoms with Gasteiger partial charge in [-0.15, -0.1) is 0 Å². The van der Waals surface area contributed by atoms with Crippen molar-refractivity contribution in [3.05, 3.63) is 170 Å². The highest BCUT2D eigenvalue weighted by Gasteiger charge is 2.19. The van der Waals surface area contributed by atoms with Crippen LogP contribution in [0.15, 0.2) is 174 Å². The molecule has 47 heavy (non-hydrogen) atoms. The van der Waals surface area contributed by atoms with Crippen molar-refractivity contribution in [1.82, 2.24) is 0 Å². The van der Waals surface area contributed by atoms with Crippen molar-refractivity contribution in [2.24, 2.45) is 0 Å². The van der Waals surface area contributed by atoms with Gasteiger partial charge in [-0.1, -0.05) is 152 Å². The van der Waals surface area contributed by atoms with E-state index in [1.165, 1.54) is 43.6 Å². The summed E-state index contributed by atoms with van der Waals surface area (Å²) in [6.45, 7) is 0. The van der Waals surface area contributed by atoms with Crippen molar-refractivity contribution in [2.75, 3.05) is 0 Å². The van der Waals surface area contributed by atoms with Gasteiger partial charge in [0.05, 0.1) is 1.37 Å². The fraction of sp³-hybridized carbons (Fsp3) is 0. The Morgan fingerprint density at radius 2 is 0.979 bits per heavy atom. The zero-order valence-electron chi connectivity index (χ0n) is 26.5. The van der Waals surface area contributed by atoms with E-state index in [4.69, 9.17) is 5.79 Å². The number of hydrogen-bond acceptors (Lipinski definition) is 1. The third-order valence-electron chi connectivity index (χ3n) is 9.76. The van der Waals surface area contributed by atoms with Crippen LogP contribution in [0, 0.1) is 0 Å². The Morgan fingerprint density at radius 3 is 1.74 bits per heavy atom. The average Bonchev–Trinajstić information content (AvgIpc) is 3.54. The Bertz CT molecular complexity index is 2850. The van der Waals surface area contributed by atoms with Gasteiger partial charge < -0.3 is 4.42 Å². The van der Waals surface area contributed by atoms with Crippen molar-refractivity contribution in [1.29, 1.82) is 0 Å². The molecule has 0 fully saturated rings. The summed E-state index contributed by atoms with van der Waals surface area (Å²) in [4.78, 5) is 0. The first kappa shape index (κ1) is 25.1. The Hall–Kier alpha value is -6.18. The standard InChI is InChI=1S/C46H28O/c1-3-17-33-29(12-1)14-10-24-36(33)44-39-21-7-5-19-37(39)43(38-20-6-8-22-40(38)44)32-16-9-15-31(28-32)34-23-11-25-42-45(34)41-27-26-30-13-2-4-18-35(30)46(41)47-42/h1-28H/i14D. The van der Waals surface area contributed by atoms with Gasteiger partial charge in [0, 0.05) is 16.2 Å². The molecule has 10 aromatic rings. The quantitative estimate of drug-likeness (QED) is 0.185. The first-order valence-electron chi connectivity index (χ1n) is 16.6. The van der Waals surface area contributed by atoms with Crippen molar-refractivity contribution in [3.8, 4) is 33.4 Å². The highest BCUT2D eigenvalue weighted by molar-refractivity contribution is 6.24. The van der Waals surface area contributed by atoms with Gasteiger partial charge in [-0.05, 0) is 89.3 Å². The molecule has 0 atom stereocenters. The lowest BCUT2D eigenvalue weighted by Crippen LogP contribution is -1.92. The Morgan fingerprint density at radius 1 is 0.383 bits per heavy atom. The molecule has 1 nitrogen and oxygen atoms in total. The van der Waals surface area contributed by atoms with E-state index in [0.29, 0.717) is 6.04 Å². The largest absolute Gasteiger partial charge is 0.455 e. The zero-order chi connectivity index (χ0) is 31.8. The molecule has 1 heterocycles. The molecule has 0 aliphatic rings. The van der Waals surface area contributed by atoms with Gasteiger partial charge in [0.15, 0.2) is 0 Å². The minimum atomic E-state index is 0.546. The van der Waals surface area contributed by atoms with Crippen LogP contribution < -0.4 is 0 Å². The Balaban J connectivity index is 1.25. The van der Waals surface area contributed by atoms with E-state index in [9.17, 15) is 0 Å². The van der Waals surface area contributed by atoms with Gasteiger partial charge in [0.2, 0.25) is 0 Å². The van der Waals surface area contributed by atoms with Crippen molar-refractivity contribution >= 4 is 65.0 Å². The number of rotatable bonds is 3. The van der Waals surface area contributed by atoms with Crippen LogP contribution in [0.1, 0.15) is 1.37 Å². The van der Waals surface area contributed by atoms with Gasteiger partial charge in [0.1, 0.15) is 11.2 Å². The Labute approximate surface area is 273 Å². The van der Waals surface area contributed by atoms with E-state index >= 15 is 0 Å². The molecule has 10 rings (SSSR count). The smallest absolute Gasteiger partial charge is 0.143 e. The molecule has 0 aliphatic carbocycles. The molecule has 0 unspecified atom stereocenters. The Kier molecular flexibility index (Phi) is 5.42. The molecule has 1 aromatic heterocycles. The molecule has 0 saturated heterocycles. The van der Waals surface area contributed by atoms with Gasteiger partial charge in [-0.25, -0.2) is 0 Å². The SMILES string of the molecule is [2H]c1ccc(-c2c3ccccc3c(-c3cccc(-c4cccc5oc6c7ccccc7ccc6c45)c3)c3ccccc23)c2ccccc12. The van der Waals surface area contributed by atoms with E-state index in [-0.39, 0.29) is 0 Å². The lowest BCUT2D eigenvalue weighted by atomic mass is 9.84. The summed E-state index contributed by atoms with van der Waals surface area (Å²) in [7, 11) is 0. The maximum Gasteiger partial charge on any atom is 0.143 e. The van der Waals surface area contributed by atoms with Crippen molar-refractivity contribution in [3.63, 3.8) is 0 Å². The second-order valence-electron chi connectivity index (χ2n) is 12.3. The number of fused-ring (bicyclic) bond motifs is 8. The fourth-order valence-corrected chi connectivity index (χ4v) is 7.73. The maximum atomic E-state index is 8.60. The molecular formula is C46H28O. The van der Waals surface area contributed by atoms with Crippen LogP contribution in [0.25, 0.3) is 98.4 Å². The van der Waals surface area contributed by atoms with Crippen LogP contribution >= 0.6 is 0 Å². The van der Waals surface area contributed by atoms with Gasteiger partial charge in [-0.3, -0.25) is 0 Å². The second-order valence-corrected chi connectivity index (χ2v) is 12.3. The zero-order valence-corrected chi connectivity index (χ0v) is 25.5. The number of furan rings is 1. The van der Waals surface area contributed by atoms with Gasteiger partial charge in [0.25, 0.3) is 0 Å². The minimum absolute atomic E-state index is 0.546. The van der Waals surface area contributed by atoms with E-state index in [1.807, 2.05) is 12.1 Å². The van der Waals surface area contributed by atoms with Crippen LogP contribution in [0.2, 0.25) is 0 Å². The molecule has 0 N–H and O–H groups in total. The van der Waals surface area contributed by atoms with Gasteiger partial charge >= 0.3 is 0 Å². The fourth-order valence-electron chi connectivity index (χ4n) is 7.73. The summed E-state index contributed by atoms with van der Waals surface area (Å²) in [6, 6.07) is 58.6. The normalized spacial score (nSPS) is 12.1. The van der Waals surface area contributed by atoms with Crippen LogP contribution in [-0.2, 0) is 0 Å². The topological polar surface area (TPSA) is 13.1 Å². The van der Waals surface area contributed by atoms with E-state index < -0.39 is 0 Å². The first-order chi connectivity index (χ1) is 23.7. The summed E-state index contributed by atoms with van der Waals surface area (Å²) in [5.74, 6) is 0. The van der Waals surface area contributed by atoms with Gasteiger partial charge in [-0.2, -0.15) is 0 Å². The predicted molar refractivity (Wildman–Crippen MR) is 200 cm³/mol. The number of benzene rings is 9. The van der Waals surface area contributed by atoms with Crippen LogP contribution in [-0.4, -0.2) is 0 Å². The third kappa shape index (κ3) is 3.90. The summed E-state index contributed by atoms with van der Waals surface area (Å²) >= 11 is 0. The molecule has 0 radical (unpaired) electrons. The summed E-state index contributed by atoms with van der Waals surface area (Å²) in [5.41, 5.74) is 8.91. The molecule has 0 amide bonds. The molecule has 218 valence electrons. The van der Waals surface area contributed by atoms with Crippen LogP contribution in [0.4, 0.5) is 0 Å². The summed E-state index contributed by atoms with van der Waals surface area (Å²) in [6.07, 6.45) is 0. The summed E-state index contributed by atoms with van der Waals surface area (Å²) in [5, 5.41) is 11.5. The van der Waals surface area contributed by atoms with Crippen molar-refractivity contribution < 1.29 is 5.79 Å². The van der Waals surface area contributed by atoms with E-state index in [1.54, 1.807) is 0 Å². The molecule has 9 aromatic carbocycles. The average molecular weight is 598 g/mol.